The van der Waals surface area contributed by atoms with Crippen LogP contribution in [0.25, 0.3) is 5.65 Å². The standard InChI is InChI=1S/C14H7F2N5O5/c15-14(16)25-10-4-8(9(21(23)24)5-11(10)26-14)13(22)19-7-1-2-20-12(3-7)17-6-18-20/h1-6H,(H,19,22). The monoisotopic (exact) mass is 363 g/mol. The number of benzene rings is 1. The lowest BCUT2D eigenvalue weighted by atomic mass is 10.1. The summed E-state index contributed by atoms with van der Waals surface area (Å²) >= 11 is 0. The van der Waals surface area contributed by atoms with Crippen LogP contribution in [0.4, 0.5) is 20.2 Å². The first kappa shape index (κ1) is 15.7. The first-order valence-corrected chi connectivity index (χ1v) is 7.01. The maximum Gasteiger partial charge on any atom is 0.586 e. The first-order chi connectivity index (χ1) is 12.3. The summed E-state index contributed by atoms with van der Waals surface area (Å²) in [6.07, 6.45) is -1.12. The van der Waals surface area contributed by atoms with E-state index in [2.05, 4.69) is 24.9 Å². The summed E-state index contributed by atoms with van der Waals surface area (Å²) in [5.74, 6) is -1.89. The number of amides is 1. The van der Waals surface area contributed by atoms with Gasteiger partial charge in [0.2, 0.25) is 0 Å². The quantitative estimate of drug-likeness (QED) is 0.559. The third-order valence-corrected chi connectivity index (χ3v) is 3.50. The summed E-state index contributed by atoms with van der Waals surface area (Å²) in [5.41, 5.74) is -0.446. The first-order valence-electron chi connectivity index (χ1n) is 7.01. The van der Waals surface area contributed by atoms with Crippen LogP contribution in [0.2, 0.25) is 0 Å². The molecule has 132 valence electrons. The van der Waals surface area contributed by atoms with E-state index in [1.165, 1.54) is 29.2 Å². The number of alkyl halides is 2. The molecule has 1 aliphatic rings. The van der Waals surface area contributed by atoms with Crippen molar-refractivity contribution in [1.29, 1.82) is 0 Å². The summed E-state index contributed by atoms with van der Waals surface area (Å²) < 4.78 is 36.1. The number of nitro groups is 1. The minimum Gasteiger partial charge on any atom is -0.395 e. The summed E-state index contributed by atoms with van der Waals surface area (Å²) in [4.78, 5) is 26.7. The molecular formula is C14H7F2N5O5. The lowest BCUT2D eigenvalue weighted by molar-refractivity contribution is -0.385. The number of ether oxygens (including phenoxy) is 2. The molecule has 0 unspecified atom stereocenters. The lowest BCUT2D eigenvalue weighted by Gasteiger charge is -2.07. The molecule has 1 N–H and O–H groups in total. The van der Waals surface area contributed by atoms with E-state index in [1.807, 2.05) is 0 Å². The Morgan fingerprint density at radius 3 is 2.73 bits per heavy atom. The third-order valence-electron chi connectivity index (χ3n) is 3.50. The predicted octanol–water partition coefficient (Wildman–Crippen LogP) is 2.21. The van der Waals surface area contributed by atoms with Crippen molar-refractivity contribution in [3.8, 4) is 11.5 Å². The Balaban J connectivity index is 1.69. The number of nitro benzene ring substituents is 1. The predicted molar refractivity (Wildman–Crippen MR) is 80.2 cm³/mol. The van der Waals surface area contributed by atoms with Gasteiger partial charge in [0, 0.05) is 24.0 Å². The number of nitrogens with one attached hydrogen (secondary N) is 1. The van der Waals surface area contributed by atoms with Crippen LogP contribution in [-0.4, -0.2) is 31.7 Å². The lowest BCUT2D eigenvalue weighted by Crippen LogP contribution is -2.25. The van der Waals surface area contributed by atoms with Crippen LogP contribution >= 0.6 is 0 Å². The smallest absolute Gasteiger partial charge is 0.395 e. The molecule has 1 aliphatic heterocycles. The highest BCUT2D eigenvalue weighted by Crippen LogP contribution is 2.44. The maximum atomic E-state index is 13.1. The van der Waals surface area contributed by atoms with Crippen LogP contribution in [-0.2, 0) is 0 Å². The Morgan fingerprint density at radius 2 is 2.00 bits per heavy atom. The second kappa shape index (κ2) is 5.34. The number of rotatable bonds is 3. The molecule has 3 heterocycles. The van der Waals surface area contributed by atoms with E-state index in [9.17, 15) is 23.7 Å². The number of pyridine rings is 1. The molecule has 0 atom stereocenters. The van der Waals surface area contributed by atoms with E-state index < -0.39 is 39.9 Å². The molecule has 0 fully saturated rings. The summed E-state index contributed by atoms with van der Waals surface area (Å²) in [5, 5.41) is 17.5. The fourth-order valence-corrected chi connectivity index (χ4v) is 2.41. The number of aromatic nitrogens is 3. The van der Waals surface area contributed by atoms with Crippen molar-refractivity contribution in [3.05, 3.63) is 52.5 Å². The van der Waals surface area contributed by atoms with E-state index in [1.54, 1.807) is 0 Å². The van der Waals surface area contributed by atoms with Gasteiger partial charge in [-0.3, -0.25) is 14.9 Å². The Morgan fingerprint density at radius 1 is 1.27 bits per heavy atom. The Bertz CT molecular complexity index is 1070. The molecule has 0 spiro atoms. The molecule has 4 rings (SSSR count). The van der Waals surface area contributed by atoms with Crippen molar-refractivity contribution < 1.29 is 28.0 Å². The molecule has 0 radical (unpaired) electrons. The SMILES string of the molecule is O=C(Nc1ccn2ncnc2c1)c1cc2c(cc1[N+](=O)[O-])OC(F)(F)O2. The summed E-state index contributed by atoms with van der Waals surface area (Å²) in [6.45, 7) is 0. The Hall–Kier alpha value is -3.83. The van der Waals surface area contributed by atoms with Crippen molar-refractivity contribution in [2.45, 2.75) is 6.29 Å². The van der Waals surface area contributed by atoms with Gasteiger partial charge in [0.1, 0.15) is 11.9 Å². The molecule has 0 bridgehead atoms. The second-order valence-corrected chi connectivity index (χ2v) is 5.17. The minimum atomic E-state index is -3.95. The van der Waals surface area contributed by atoms with E-state index >= 15 is 0 Å². The molecule has 10 nitrogen and oxygen atoms in total. The molecule has 26 heavy (non-hydrogen) atoms. The average Bonchev–Trinajstić information content (AvgIpc) is 3.14. The van der Waals surface area contributed by atoms with Gasteiger partial charge in [-0.2, -0.15) is 5.10 Å². The molecule has 0 saturated carbocycles. The number of halogens is 2. The van der Waals surface area contributed by atoms with Gasteiger partial charge in [0.15, 0.2) is 17.1 Å². The van der Waals surface area contributed by atoms with Crippen molar-refractivity contribution in [3.63, 3.8) is 0 Å². The highest BCUT2D eigenvalue weighted by atomic mass is 19.3. The van der Waals surface area contributed by atoms with Crippen LogP contribution in [0.5, 0.6) is 11.5 Å². The van der Waals surface area contributed by atoms with Gasteiger partial charge in [-0.05, 0) is 6.07 Å². The second-order valence-electron chi connectivity index (χ2n) is 5.17. The Kier molecular flexibility index (Phi) is 3.22. The highest BCUT2D eigenvalue weighted by molar-refractivity contribution is 6.07. The molecule has 0 aliphatic carbocycles. The molecular weight excluding hydrogens is 356 g/mol. The van der Waals surface area contributed by atoms with Crippen molar-refractivity contribution >= 4 is 22.9 Å². The molecule has 3 aromatic rings. The van der Waals surface area contributed by atoms with Crippen molar-refractivity contribution in [2.24, 2.45) is 0 Å². The maximum absolute atomic E-state index is 13.1. The third kappa shape index (κ3) is 2.62. The van der Waals surface area contributed by atoms with Gasteiger partial charge in [0.25, 0.3) is 11.6 Å². The fourth-order valence-electron chi connectivity index (χ4n) is 2.41. The summed E-state index contributed by atoms with van der Waals surface area (Å²) in [7, 11) is 0. The van der Waals surface area contributed by atoms with Gasteiger partial charge in [0.05, 0.1) is 11.0 Å². The van der Waals surface area contributed by atoms with Crippen LogP contribution in [0.3, 0.4) is 0 Å². The molecule has 1 aromatic carbocycles. The number of hydrogen-bond donors (Lipinski definition) is 1. The van der Waals surface area contributed by atoms with Gasteiger partial charge in [-0.15, -0.1) is 8.78 Å². The van der Waals surface area contributed by atoms with Crippen molar-refractivity contribution in [2.75, 3.05) is 5.32 Å². The molecule has 2 aromatic heterocycles. The highest BCUT2D eigenvalue weighted by Gasteiger charge is 2.45. The topological polar surface area (TPSA) is 121 Å². The minimum absolute atomic E-state index is 0.285. The van der Waals surface area contributed by atoms with E-state index in [-0.39, 0.29) is 5.69 Å². The van der Waals surface area contributed by atoms with E-state index in [0.29, 0.717) is 11.7 Å². The van der Waals surface area contributed by atoms with Gasteiger partial charge in [-0.1, -0.05) is 0 Å². The van der Waals surface area contributed by atoms with Crippen LogP contribution in [0.1, 0.15) is 10.4 Å². The van der Waals surface area contributed by atoms with Gasteiger partial charge >= 0.3 is 6.29 Å². The van der Waals surface area contributed by atoms with Crippen molar-refractivity contribution in [1.82, 2.24) is 14.6 Å². The number of carbonyl (C=O) groups excluding carboxylic acids is 1. The molecule has 1 amide bonds. The largest absolute Gasteiger partial charge is 0.586 e. The summed E-state index contributed by atoms with van der Waals surface area (Å²) in [6, 6.07) is 4.52. The Labute approximate surface area is 142 Å². The van der Waals surface area contributed by atoms with Crippen LogP contribution in [0.15, 0.2) is 36.8 Å². The van der Waals surface area contributed by atoms with E-state index in [4.69, 9.17) is 0 Å². The normalized spacial score (nSPS) is 14.4. The van der Waals surface area contributed by atoms with E-state index in [0.717, 1.165) is 6.07 Å². The zero-order valence-electron chi connectivity index (χ0n) is 12.6. The van der Waals surface area contributed by atoms with Crippen LogP contribution < -0.4 is 14.8 Å². The number of nitrogens with zero attached hydrogens (tertiary/aromatic N) is 4. The van der Waals surface area contributed by atoms with Gasteiger partial charge < -0.3 is 14.8 Å². The number of fused-ring (bicyclic) bond motifs is 2. The zero-order chi connectivity index (χ0) is 18.5. The fraction of sp³-hybridized carbons (Fsp3) is 0.0714. The zero-order valence-corrected chi connectivity index (χ0v) is 12.6. The average molecular weight is 363 g/mol. The number of anilines is 1. The number of carbonyl (C=O) groups is 1. The number of hydrogen-bond acceptors (Lipinski definition) is 7. The van der Waals surface area contributed by atoms with Gasteiger partial charge in [-0.25, -0.2) is 9.50 Å². The molecule has 12 heteroatoms. The van der Waals surface area contributed by atoms with Crippen LogP contribution in [0, 0.1) is 10.1 Å². The molecule has 0 saturated heterocycles.